The molecular weight excluding hydrogens is 224 g/mol. The van der Waals surface area contributed by atoms with E-state index in [1.54, 1.807) is 10.9 Å². The van der Waals surface area contributed by atoms with Crippen LogP contribution in [0.4, 0.5) is 0 Å². The molecule has 1 fully saturated rings. The second-order valence-corrected chi connectivity index (χ2v) is 4.96. The van der Waals surface area contributed by atoms with E-state index in [0.29, 0.717) is 16.6 Å². The number of aromatic nitrogens is 2. The highest BCUT2D eigenvalue weighted by atomic mass is 35.5. The molecule has 1 aliphatic carbocycles. The fourth-order valence-corrected chi connectivity index (χ4v) is 2.25. The number of rotatable bonds is 5. The second kappa shape index (κ2) is 4.58. The van der Waals surface area contributed by atoms with Gasteiger partial charge in [0.1, 0.15) is 5.69 Å². The van der Waals surface area contributed by atoms with Crippen LogP contribution in [0.3, 0.4) is 0 Å². The smallest absolute Gasteiger partial charge is 0.185 e. The zero-order valence-electron chi connectivity index (χ0n) is 9.74. The van der Waals surface area contributed by atoms with Crippen molar-refractivity contribution in [2.24, 2.45) is 11.8 Å². The summed E-state index contributed by atoms with van der Waals surface area (Å²) in [5, 5.41) is 4.64. The average Bonchev–Trinajstić information content (AvgIpc) is 3.04. The second-order valence-electron chi connectivity index (χ2n) is 4.55. The maximum Gasteiger partial charge on any atom is 0.185 e. The van der Waals surface area contributed by atoms with Crippen molar-refractivity contribution in [1.29, 1.82) is 0 Å². The van der Waals surface area contributed by atoms with E-state index in [-0.39, 0.29) is 11.7 Å². The first kappa shape index (κ1) is 11.6. The van der Waals surface area contributed by atoms with Gasteiger partial charge in [-0.2, -0.15) is 5.10 Å². The highest BCUT2D eigenvalue weighted by Gasteiger charge is 2.35. The van der Waals surface area contributed by atoms with E-state index in [2.05, 4.69) is 12.0 Å². The molecule has 3 nitrogen and oxygen atoms in total. The Hall–Kier alpha value is -0.830. The Morgan fingerprint density at radius 1 is 1.69 bits per heavy atom. The summed E-state index contributed by atoms with van der Waals surface area (Å²) in [4.78, 5) is 12.3. The first-order valence-corrected chi connectivity index (χ1v) is 6.28. The van der Waals surface area contributed by atoms with E-state index < -0.39 is 0 Å². The van der Waals surface area contributed by atoms with Gasteiger partial charge in [0.25, 0.3) is 0 Å². The van der Waals surface area contributed by atoms with Gasteiger partial charge in [-0.25, -0.2) is 0 Å². The van der Waals surface area contributed by atoms with E-state index >= 15 is 0 Å². The Morgan fingerprint density at radius 2 is 2.38 bits per heavy atom. The predicted molar refractivity (Wildman–Crippen MR) is 63.7 cm³/mol. The summed E-state index contributed by atoms with van der Waals surface area (Å²) in [6, 6.07) is 0. The largest absolute Gasteiger partial charge is 0.292 e. The van der Waals surface area contributed by atoms with Crippen molar-refractivity contribution in [3.05, 3.63) is 16.9 Å². The predicted octanol–water partition coefficient (Wildman–Crippen LogP) is 3.18. The molecule has 88 valence electrons. The van der Waals surface area contributed by atoms with Crippen LogP contribution in [0, 0.1) is 11.8 Å². The lowest BCUT2D eigenvalue weighted by atomic mass is 9.98. The number of carbonyl (C=O) groups excluding carboxylic acids is 1. The Bertz CT molecular complexity index is 396. The van der Waals surface area contributed by atoms with Gasteiger partial charge in [-0.15, -0.1) is 0 Å². The number of Topliss-reactive ketones (excluding diaryl/α,β-unsaturated/α-hetero) is 1. The lowest BCUT2D eigenvalue weighted by Crippen LogP contribution is -2.18. The molecule has 0 saturated heterocycles. The quantitative estimate of drug-likeness (QED) is 0.741. The normalized spacial score (nSPS) is 17.4. The summed E-state index contributed by atoms with van der Waals surface area (Å²) in [7, 11) is 0. The molecule has 1 aliphatic rings. The topological polar surface area (TPSA) is 34.9 Å². The van der Waals surface area contributed by atoms with Gasteiger partial charge in [0, 0.05) is 12.5 Å². The lowest BCUT2D eigenvalue weighted by Gasteiger charge is -2.11. The summed E-state index contributed by atoms with van der Waals surface area (Å²) < 4.78 is 1.74. The van der Waals surface area contributed by atoms with Crippen molar-refractivity contribution in [3.63, 3.8) is 0 Å². The van der Waals surface area contributed by atoms with Crippen LogP contribution in [0.15, 0.2) is 6.20 Å². The van der Waals surface area contributed by atoms with Crippen LogP contribution < -0.4 is 0 Å². The van der Waals surface area contributed by atoms with Crippen molar-refractivity contribution in [3.8, 4) is 0 Å². The maximum atomic E-state index is 12.3. The fourth-order valence-electron chi connectivity index (χ4n) is 2.01. The molecule has 0 bridgehead atoms. The highest BCUT2D eigenvalue weighted by Crippen LogP contribution is 2.38. The minimum absolute atomic E-state index is 0.0878. The monoisotopic (exact) mass is 240 g/mol. The molecule has 0 aliphatic heterocycles. The average molecular weight is 241 g/mol. The molecule has 1 heterocycles. The standard InChI is InChI=1S/C12H17ClN2O/c1-3-6-15-11(10(13)7-14-15)12(16)8(2)9-4-5-9/h7-9H,3-6H2,1-2H3. The molecule has 0 aromatic carbocycles. The molecule has 1 saturated carbocycles. The molecule has 2 rings (SSSR count). The maximum absolute atomic E-state index is 12.3. The lowest BCUT2D eigenvalue weighted by molar-refractivity contribution is 0.0905. The molecule has 1 aromatic heterocycles. The zero-order valence-corrected chi connectivity index (χ0v) is 10.5. The Morgan fingerprint density at radius 3 is 2.94 bits per heavy atom. The van der Waals surface area contributed by atoms with Crippen molar-refractivity contribution < 1.29 is 4.79 Å². The molecule has 1 atom stereocenters. The molecule has 1 aromatic rings. The van der Waals surface area contributed by atoms with Gasteiger partial charge in [-0.1, -0.05) is 25.4 Å². The van der Waals surface area contributed by atoms with E-state index in [4.69, 9.17) is 11.6 Å². The molecule has 16 heavy (non-hydrogen) atoms. The molecule has 0 amide bonds. The minimum Gasteiger partial charge on any atom is -0.292 e. The molecule has 1 unspecified atom stereocenters. The van der Waals surface area contributed by atoms with E-state index in [1.807, 2.05) is 6.92 Å². The van der Waals surface area contributed by atoms with E-state index in [1.165, 1.54) is 12.8 Å². The van der Waals surface area contributed by atoms with Crippen LogP contribution in [0.2, 0.25) is 5.02 Å². The third-order valence-electron chi connectivity index (χ3n) is 3.21. The van der Waals surface area contributed by atoms with Crippen molar-refractivity contribution in [1.82, 2.24) is 9.78 Å². The summed E-state index contributed by atoms with van der Waals surface area (Å²) in [6.45, 7) is 4.82. The van der Waals surface area contributed by atoms with Crippen LogP contribution >= 0.6 is 11.6 Å². The van der Waals surface area contributed by atoms with Crippen LogP contribution in [0.5, 0.6) is 0 Å². The Labute approximate surface area is 101 Å². The number of nitrogens with zero attached hydrogens (tertiary/aromatic N) is 2. The van der Waals surface area contributed by atoms with Gasteiger partial charge in [-0.3, -0.25) is 9.48 Å². The van der Waals surface area contributed by atoms with Gasteiger partial charge in [0.15, 0.2) is 5.78 Å². The Balaban J connectivity index is 2.23. The van der Waals surface area contributed by atoms with E-state index in [9.17, 15) is 4.79 Å². The Kier molecular flexibility index (Phi) is 3.33. The summed E-state index contributed by atoms with van der Waals surface area (Å²) >= 11 is 6.04. The SMILES string of the molecule is CCCn1ncc(Cl)c1C(=O)C(C)C1CC1. The van der Waals surface area contributed by atoms with Gasteiger partial charge >= 0.3 is 0 Å². The van der Waals surface area contributed by atoms with E-state index in [0.717, 1.165) is 13.0 Å². The number of hydrogen-bond donors (Lipinski definition) is 0. The fraction of sp³-hybridized carbons (Fsp3) is 0.667. The number of ketones is 1. The van der Waals surface area contributed by atoms with Crippen molar-refractivity contribution in [2.45, 2.75) is 39.7 Å². The first-order chi connectivity index (χ1) is 7.65. The van der Waals surface area contributed by atoms with Crippen LogP contribution in [0.25, 0.3) is 0 Å². The summed E-state index contributed by atoms with van der Waals surface area (Å²) in [5.74, 6) is 0.803. The summed E-state index contributed by atoms with van der Waals surface area (Å²) in [6.07, 6.45) is 4.87. The van der Waals surface area contributed by atoms with Crippen LogP contribution in [-0.2, 0) is 6.54 Å². The number of aryl methyl sites for hydroxylation is 1. The molecule has 4 heteroatoms. The van der Waals surface area contributed by atoms with Gasteiger partial charge < -0.3 is 0 Å². The van der Waals surface area contributed by atoms with Crippen molar-refractivity contribution >= 4 is 17.4 Å². The molecule has 0 spiro atoms. The number of halogens is 1. The van der Waals surface area contributed by atoms with Crippen LogP contribution in [0.1, 0.15) is 43.6 Å². The number of carbonyl (C=O) groups is 1. The third-order valence-corrected chi connectivity index (χ3v) is 3.48. The third kappa shape index (κ3) is 2.14. The highest BCUT2D eigenvalue weighted by molar-refractivity contribution is 6.33. The number of hydrogen-bond acceptors (Lipinski definition) is 2. The van der Waals surface area contributed by atoms with Crippen LogP contribution in [-0.4, -0.2) is 15.6 Å². The van der Waals surface area contributed by atoms with Gasteiger partial charge in [0.2, 0.25) is 0 Å². The minimum atomic E-state index is 0.0878. The zero-order chi connectivity index (χ0) is 11.7. The first-order valence-electron chi connectivity index (χ1n) is 5.90. The summed E-state index contributed by atoms with van der Waals surface area (Å²) in [5.41, 5.74) is 0.600. The van der Waals surface area contributed by atoms with Gasteiger partial charge in [0.05, 0.1) is 11.2 Å². The molecule has 0 radical (unpaired) electrons. The molecular formula is C12H17ClN2O. The van der Waals surface area contributed by atoms with Gasteiger partial charge in [-0.05, 0) is 25.2 Å². The molecule has 0 N–H and O–H groups in total. The van der Waals surface area contributed by atoms with Crippen molar-refractivity contribution in [2.75, 3.05) is 0 Å².